The Labute approximate surface area is 182 Å². The first kappa shape index (κ1) is 19.4. The summed E-state index contributed by atoms with van der Waals surface area (Å²) in [5, 5.41) is 0. The van der Waals surface area contributed by atoms with E-state index in [1.54, 1.807) is 6.33 Å². The standard InChI is InChI=1S/C25H23N5O/c1-16-13-30(14-17(2)31-16)24-11-23(28-15-29-24)25-22-10-19(4-5-20(22)12-27-25)18-6-8-21(26-3)9-7-18/h4-11,15-17H,12-14H2,1-2H3/t16-,17+. The van der Waals surface area contributed by atoms with Crippen LogP contribution in [0, 0.1) is 6.57 Å². The number of rotatable bonds is 3. The lowest BCUT2D eigenvalue weighted by molar-refractivity contribution is -0.00546. The molecule has 1 saturated heterocycles. The van der Waals surface area contributed by atoms with Gasteiger partial charge >= 0.3 is 0 Å². The van der Waals surface area contributed by atoms with E-state index in [1.165, 1.54) is 5.56 Å². The number of anilines is 1. The van der Waals surface area contributed by atoms with E-state index in [1.807, 2.05) is 30.3 Å². The maximum absolute atomic E-state index is 7.14. The molecular formula is C25H23N5O. The molecule has 154 valence electrons. The van der Waals surface area contributed by atoms with Crippen molar-refractivity contribution < 1.29 is 4.74 Å². The molecule has 2 aliphatic heterocycles. The summed E-state index contributed by atoms with van der Waals surface area (Å²) in [5.74, 6) is 0.911. The summed E-state index contributed by atoms with van der Waals surface area (Å²) >= 11 is 0. The van der Waals surface area contributed by atoms with Crippen molar-refractivity contribution in [3.63, 3.8) is 0 Å². The Hall–Kier alpha value is -3.56. The average molecular weight is 409 g/mol. The van der Waals surface area contributed by atoms with Crippen LogP contribution in [0.3, 0.4) is 0 Å². The molecule has 5 rings (SSSR count). The highest BCUT2D eigenvalue weighted by Crippen LogP contribution is 2.30. The summed E-state index contributed by atoms with van der Waals surface area (Å²) in [6.45, 7) is 13.6. The van der Waals surface area contributed by atoms with Crippen LogP contribution >= 0.6 is 0 Å². The van der Waals surface area contributed by atoms with Gasteiger partial charge in [-0.1, -0.05) is 36.4 Å². The molecule has 0 amide bonds. The van der Waals surface area contributed by atoms with Crippen molar-refractivity contribution in [2.75, 3.05) is 18.0 Å². The summed E-state index contributed by atoms with van der Waals surface area (Å²) < 4.78 is 5.86. The van der Waals surface area contributed by atoms with Crippen molar-refractivity contribution in [2.24, 2.45) is 4.99 Å². The Morgan fingerprint density at radius 3 is 2.45 bits per heavy atom. The molecule has 1 fully saturated rings. The monoisotopic (exact) mass is 409 g/mol. The topological polar surface area (TPSA) is 55.0 Å². The van der Waals surface area contributed by atoms with Gasteiger partial charge in [0.1, 0.15) is 12.1 Å². The fourth-order valence-electron chi connectivity index (χ4n) is 4.33. The van der Waals surface area contributed by atoms with Crippen molar-refractivity contribution >= 4 is 17.2 Å². The number of aromatic nitrogens is 2. The molecule has 0 radical (unpaired) electrons. The summed E-state index contributed by atoms with van der Waals surface area (Å²) in [7, 11) is 0. The van der Waals surface area contributed by atoms with Crippen molar-refractivity contribution in [1.82, 2.24) is 9.97 Å². The van der Waals surface area contributed by atoms with Crippen LogP contribution in [0.2, 0.25) is 0 Å². The quantitative estimate of drug-likeness (QED) is 0.591. The number of benzene rings is 2. The lowest BCUT2D eigenvalue weighted by atomic mass is 9.97. The first-order chi connectivity index (χ1) is 15.1. The zero-order valence-electron chi connectivity index (χ0n) is 17.6. The molecule has 0 N–H and O–H groups in total. The number of aliphatic imine (C=N–C) groups is 1. The van der Waals surface area contributed by atoms with Gasteiger partial charge in [-0.15, -0.1) is 0 Å². The molecule has 6 nitrogen and oxygen atoms in total. The lowest BCUT2D eigenvalue weighted by Gasteiger charge is -2.36. The van der Waals surface area contributed by atoms with Crippen molar-refractivity contribution in [3.8, 4) is 11.1 Å². The van der Waals surface area contributed by atoms with Gasteiger partial charge in [-0.05, 0) is 36.6 Å². The average Bonchev–Trinajstić information content (AvgIpc) is 3.22. The normalized spacial score (nSPS) is 20.2. The van der Waals surface area contributed by atoms with Crippen molar-refractivity contribution in [3.05, 3.63) is 83.1 Å². The van der Waals surface area contributed by atoms with E-state index in [4.69, 9.17) is 16.3 Å². The Morgan fingerprint density at radius 2 is 1.71 bits per heavy atom. The van der Waals surface area contributed by atoms with Crippen LogP contribution in [-0.2, 0) is 11.3 Å². The first-order valence-corrected chi connectivity index (χ1v) is 10.5. The summed E-state index contributed by atoms with van der Waals surface area (Å²) in [6.07, 6.45) is 1.97. The van der Waals surface area contributed by atoms with Gasteiger partial charge in [0.15, 0.2) is 5.69 Å². The van der Waals surface area contributed by atoms with Crippen LogP contribution in [-0.4, -0.2) is 41.0 Å². The third-order valence-electron chi connectivity index (χ3n) is 5.74. The van der Waals surface area contributed by atoms with E-state index < -0.39 is 0 Å². The second-order valence-corrected chi connectivity index (χ2v) is 8.12. The van der Waals surface area contributed by atoms with Crippen LogP contribution in [0.15, 0.2) is 59.9 Å². The molecule has 0 unspecified atom stereocenters. The van der Waals surface area contributed by atoms with Gasteiger partial charge in [0, 0.05) is 24.7 Å². The molecule has 2 aliphatic rings. The van der Waals surface area contributed by atoms with Gasteiger partial charge < -0.3 is 9.64 Å². The fraction of sp³-hybridized carbons (Fsp3) is 0.280. The number of nitrogens with zero attached hydrogens (tertiary/aromatic N) is 5. The minimum atomic E-state index is 0.170. The number of morpholine rings is 1. The Bertz CT molecular complexity index is 1190. The predicted molar refractivity (Wildman–Crippen MR) is 122 cm³/mol. The molecule has 3 aromatic rings. The molecule has 3 heterocycles. The van der Waals surface area contributed by atoms with Crippen LogP contribution in [0.25, 0.3) is 16.0 Å². The Morgan fingerprint density at radius 1 is 0.968 bits per heavy atom. The van der Waals surface area contributed by atoms with Gasteiger partial charge in [-0.2, -0.15) is 0 Å². The number of fused-ring (bicyclic) bond motifs is 1. The molecule has 6 heteroatoms. The summed E-state index contributed by atoms with van der Waals surface area (Å²) in [6, 6.07) is 16.2. The highest BCUT2D eigenvalue weighted by molar-refractivity contribution is 6.14. The van der Waals surface area contributed by atoms with E-state index >= 15 is 0 Å². The highest BCUT2D eigenvalue weighted by atomic mass is 16.5. The zero-order valence-corrected chi connectivity index (χ0v) is 17.6. The van der Waals surface area contributed by atoms with Gasteiger partial charge in [-0.3, -0.25) is 4.99 Å². The molecule has 0 saturated carbocycles. The Balaban J connectivity index is 1.46. The van der Waals surface area contributed by atoms with Gasteiger partial charge in [0.2, 0.25) is 0 Å². The molecule has 1 aromatic heterocycles. The zero-order chi connectivity index (χ0) is 21.4. The summed E-state index contributed by atoms with van der Waals surface area (Å²) in [4.78, 5) is 19.6. The van der Waals surface area contributed by atoms with E-state index in [2.05, 4.69) is 51.8 Å². The smallest absolute Gasteiger partial charge is 0.187 e. The maximum Gasteiger partial charge on any atom is 0.187 e. The first-order valence-electron chi connectivity index (χ1n) is 10.5. The van der Waals surface area contributed by atoms with Crippen LogP contribution in [0.4, 0.5) is 11.5 Å². The van der Waals surface area contributed by atoms with Crippen LogP contribution in [0.1, 0.15) is 30.7 Å². The van der Waals surface area contributed by atoms with Gasteiger partial charge in [0.05, 0.1) is 36.7 Å². The summed E-state index contributed by atoms with van der Waals surface area (Å²) in [5.41, 5.74) is 6.90. The largest absolute Gasteiger partial charge is 0.372 e. The van der Waals surface area contributed by atoms with Gasteiger partial charge in [0.25, 0.3) is 0 Å². The van der Waals surface area contributed by atoms with Crippen LogP contribution in [0.5, 0.6) is 0 Å². The minimum absolute atomic E-state index is 0.170. The third-order valence-corrected chi connectivity index (χ3v) is 5.74. The fourth-order valence-corrected chi connectivity index (χ4v) is 4.33. The van der Waals surface area contributed by atoms with Crippen molar-refractivity contribution in [1.29, 1.82) is 0 Å². The lowest BCUT2D eigenvalue weighted by Crippen LogP contribution is -2.45. The molecule has 2 aromatic carbocycles. The SMILES string of the molecule is [C-]#[N+]c1ccc(-c2ccc3c(c2)C(c2cc(N4C[C@@H](C)O[C@@H](C)C4)ncn2)=NC3)cc1. The molecule has 2 atom stereocenters. The van der Waals surface area contributed by atoms with Crippen LogP contribution < -0.4 is 4.90 Å². The minimum Gasteiger partial charge on any atom is -0.372 e. The second-order valence-electron chi connectivity index (χ2n) is 8.12. The van der Waals surface area contributed by atoms with Crippen molar-refractivity contribution in [2.45, 2.75) is 32.6 Å². The molecule has 0 bridgehead atoms. The van der Waals surface area contributed by atoms with E-state index in [0.717, 1.165) is 47.0 Å². The van der Waals surface area contributed by atoms with E-state index in [-0.39, 0.29) is 12.2 Å². The number of hydrogen-bond donors (Lipinski definition) is 0. The molecule has 0 aliphatic carbocycles. The molecule has 0 spiro atoms. The third kappa shape index (κ3) is 3.80. The highest BCUT2D eigenvalue weighted by Gasteiger charge is 2.25. The van der Waals surface area contributed by atoms with Gasteiger partial charge in [-0.25, -0.2) is 14.8 Å². The van der Waals surface area contributed by atoms with E-state index in [0.29, 0.717) is 12.2 Å². The number of hydrogen-bond acceptors (Lipinski definition) is 5. The Kier molecular flexibility index (Phi) is 4.97. The molecular weight excluding hydrogens is 386 g/mol. The van der Waals surface area contributed by atoms with E-state index in [9.17, 15) is 0 Å². The maximum atomic E-state index is 7.14. The molecule has 31 heavy (non-hydrogen) atoms. The predicted octanol–water partition coefficient (Wildman–Crippen LogP) is 4.66. The number of ether oxygens (including phenoxy) is 1. The second kappa shape index (κ2) is 7.93.